The van der Waals surface area contributed by atoms with Crippen LogP contribution >= 0.6 is 0 Å². The molecule has 18 heteroatoms. The van der Waals surface area contributed by atoms with E-state index in [9.17, 15) is 79.0 Å². The van der Waals surface area contributed by atoms with Crippen LogP contribution in [-0.4, -0.2) is 37.1 Å². The zero-order valence-electron chi connectivity index (χ0n) is 50.7. The van der Waals surface area contributed by atoms with Gasteiger partial charge in [-0.3, -0.25) is 0 Å². The minimum atomic E-state index is -4.12. The molecule has 0 aliphatic rings. The van der Waals surface area contributed by atoms with Crippen LogP contribution in [0.25, 0.3) is 0 Å². The van der Waals surface area contributed by atoms with Crippen molar-refractivity contribution in [3.05, 3.63) is 0 Å². The van der Waals surface area contributed by atoms with Gasteiger partial charge < -0.3 is 0 Å². The van der Waals surface area contributed by atoms with E-state index in [4.69, 9.17) is 0 Å². The Labute approximate surface area is 433 Å². The summed E-state index contributed by atoms with van der Waals surface area (Å²) in [6.07, 6.45) is -23.8. The van der Waals surface area contributed by atoms with E-state index in [0.717, 1.165) is 0 Å². The second-order valence-electron chi connectivity index (χ2n) is 26.0. The SMILES string of the molecule is CC(C)(C)C(C)(C)C.CC(C)(C)C(C)(C)C(F)(F)F.CC(C)C(C)(C)C(C)C(F)(F)F.CC(C)[C@@H](C)C(C)C(F)(F)F.CC(C)[C@@H](C)C(C)C(F)(F)F.CCC(C)(C)CC(F)(F)F.CCC(C)[C@@H](C)C(F)(F)F. The van der Waals surface area contributed by atoms with Crippen LogP contribution < -0.4 is 0 Å². The molecular formula is C55H106F18. The van der Waals surface area contributed by atoms with Gasteiger partial charge >= 0.3 is 37.1 Å². The average Bonchev–Trinajstić information content (AvgIpc) is 3.13. The predicted molar refractivity (Wildman–Crippen MR) is 270 cm³/mol. The number of rotatable bonds is 10. The van der Waals surface area contributed by atoms with Gasteiger partial charge in [-0.05, 0) is 62.6 Å². The number of hydrogen-bond donors (Lipinski definition) is 0. The molecule has 0 nitrogen and oxygen atoms in total. The van der Waals surface area contributed by atoms with Gasteiger partial charge in [0.1, 0.15) is 0 Å². The Balaban J connectivity index is -0.000000140. The van der Waals surface area contributed by atoms with Crippen molar-refractivity contribution in [2.45, 2.75) is 264 Å². The summed E-state index contributed by atoms with van der Waals surface area (Å²) >= 11 is 0. The lowest BCUT2D eigenvalue weighted by Crippen LogP contribution is -2.43. The molecule has 73 heavy (non-hydrogen) atoms. The normalized spacial score (nSPS) is 16.6. The fourth-order valence-electron chi connectivity index (χ4n) is 4.44. The van der Waals surface area contributed by atoms with Crippen LogP contribution in [0.15, 0.2) is 0 Å². The topological polar surface area (TPSA) is 0 Å². The van der Waals surface area contributed by atoms with Gasteiger partial charge in [0, 0.05) is 6.42 Å². The van der Waals surface area contributed by atoms with Crippen LogP contribution in [0.2, 0.25) is 0 Å². The minimum absolute atomic E-state index is 0.0362. The van der Waals surface area contributed by atoms with Crippen molar-refractivity contribution in [1.29, 1.82) is 0 Å². The van der Waals surface area contributed by atoms with E-state index in [1.807, 2.05) is 41.5 Å². The van der Waals surface area contributed by atoms with E-state index < -0.39 is 88.8 Å². The molecule has 0 radical (unpaired) electrons. The summed E-state index contributed by atoms with van der Waals surface area (Å²) < 4.78 is 217. The van der Waals surface area contributed by atoms with E-state index in [-0.39, 0.29) is 35.5 Å². The van der Waals surface area contributed by atoms with E-state index >= 15 is 0 Å². The molecule has 0 saturated carbocycles. The first-order valence-corrected chi connectivity index (χ1v) is 25.4. The number of alkyl halides is 18. The van der Waals surface area contributed by atoms with Gasteiger partial charge in [-0.1, -0.05) is 221 Å². The Bertz CT molecular complexity index is 1310. The Hall–Kier alpha value is -1.26. The van der Waals surface area contributed by atoms with Gasteiger partial charge in [-0.25, -0.2) is 0 Å². The molecule has 0 spiro atoms. The van der Waals surface area contributed by atoms with Gasteiger partial charge in [0.15, 0.2) is 0 Å². The first-order valence-electron chi connectivity index (χ1n) is 25.4. The third kappa shape index (κ3) is 38.9. The highest BCUT2D eigenvalue weighted by Crippen LogP contribution is 2.50. The molecule has 0 aromatic rings. The van der Waals surface area contributed by atoms with E-state index in [1.165, 1.54) is 41.5 Å². The van der Waals surface area contributed by atoms with Crippen molar-refractivity contribution < 1.29 is 79.0 Å². The molecule has 0 heterocycles. The van der Waals surface area contributed by atoms with Crippen molar-refractivity contribution in [3.8, 4) is 0 Å². The minimum Gasteiger partial charge on any atom is -0.171 e. The van der Waals surface area contributed by atoms with E-state index in [1.54, 1.807) is 83.1 Å². The van der Waals surface area contributed by atoms with Crippen LogP contribution in [-0.2, 0) is 0 Å². The molecule has 0 amide bonds. The number of hydrogen-bond acceptors (Lipinski definition) is 0. The molecule has 0 aliphatic carbocycles. The van der Waals surface area contributed by atoms with Crippen molar-refractivity contribution >= 4 is 0 Å². The summed E-state index contributed by atoms with van der Waals surface area (Å²) in [6, 6.07) is 0. The highest BCUT2D eigenvalue weighted by Gasteiger charge is 2.54. The summed E-state index contributed by atoms with van der Waals surface area (Å²) in [6.45, 7) is 51.8. The fraction of sp³-hybridized carbons (Fsp3) is 1.00. The van der Waals surface area contributed by atoms with Crippen LogP contribution in [0, 0.1) is 91.7 Å². The van der Waals surface area contributed by atoms with Gasteiger partial charge in [-0.2, -0.15) is 79.0 Å². The summed E-state index contributed by atoms with van der Waals surface area (Å²) in [5, 5.41) is 0. The molecule has 0 fully saturated rings. The maximum Gasteiger partial charge on any atom is 0.394 e. The highest BCUT2D eigenvalue weighted by molar-refractivity contribution is 4.88. The lowest BCUT2D eigenvalue weighted by molar-refractivity contribution is -0.243. The van der Waals surface area contributed by atoms with Crippen molar-refractivity contribution in [2.75, 3.05) is 0 Å². The Morgan fingerprint density at radius 1 is 0.342 bits per heavy atom. The Morgan fingerprint density at radius 2 is 0.603 bits per heavy atom. The summed E-state index contributed by atoms with van der Waals surface area (Å²) in [5.74, 6) is -5.44. The first kappa shape index (κ1) is 85.7. The van der Waals surface area contributed by atoms with Crippen LogP contribution in [0.1, 0.15) is 227 Å². The van der Waals surface area contributed by atoms with Gasteiger partial charge in [0.05, 0.1) is 29.1 Å². The molecule has 0 saturated heterocycles. The molecule has 0 rings (SSSR count). The van der Waals surface area contributed by atoms with Crippen LogP contribution in [0.5, 0.6) is 0 Å². The Kier molecular flexibility index (Phi) is 37.5. The van der Waals surface area contributed by atoms with Gasteiger partial charge in [0.2, 0.25) is 0 Å². The lowest BCUT2D eigenvalue weighted by Gasteiger charge is -2.40. The molecule has 4 unspecified atom stereocenters. The maximum atomic E-state index is 12.3. The quantitative estimate of drug-likeness (QED) is 0.191. The monoisotopic (exact) mass is 1110 g/mol. The molecule has 7 atom stereocenters. The molecule has 0 N–H and O–H groups in total. The summed E-state index contributed by atoms with van der Waals surface area (Å²) in [4.78, 5) is 0. The fourth-order valence-corrected chi connectivity index (χ4v) is 4.44. The molecule has 0 aliphatic heterocycles. The molecular weight excluding hydrogens is 1000 g/mol. The summed E-state index contributed by atoms with van der Waals surface area (Å²) in [5.41, 5.74) is -2.78. The van der Waals surface area contributed by atoms with E-state index in [0.29, 0.717) is 23.7 Å². The third-order valence-electron chi connectivity index (χ3n) is 16.3. The third-order valence-corrected chi connectivity index (χ3v) is 16.3. The second kappa shape index (κ2) is 32.0. The van der Waals surface area contributed by atoms with E-state index in [2.05, 4.69) is 41.5 Å². The highest BCUT2D eigenvalue weighted by atomic mass is 19.4. The zero-order valence-corrected chi connectivity index (χ0v) is 50.7. The molecule has 0 aromatic carbocycles. The van der Waals surface area contributed by atoms with Gasteiger partial charge in [0.25, 0.3) is 0 Å². The molecule has 452 valence electrons. The van der Waals surface area contributed by atoms with Crippen molar-refractivity contribution in [2.24, 2.45) is 91.7 Å². The van der Waals surface area contributed by atoms with Crippen LogP contribution in [0.4, 0.5) is 79.0 Å². The largest absolute Gasteiger partial charge is 0.394 e. The predicted octanol–water partition coefficient (Wildman–Crippen LogP) is 24.1. The Morgan fingerprint density at radius 3 is 0.658 bits per heavy atom. The average molecular weight is 1110 g/mol. The van der Waals surface area contributed by atoms with Gasteiger partial charge in [-0.15, -0.1) is 0 Å². The lowest BCUT2D eigenvalue weighted by atomic mass is 9.69. The maximum absolute atomic E-state index is 12.3. The van der Waals surface area contributed by atoms with Crippen molar-refractivity contribution in [1.82, 2.24) is 0 Å². The number of halogens is 18. The van der Waals surface area contributed by atoms with Crippen molar-refractivity contribution in [3.63, 3.8) is 0 Å². The standard InChI is InChI=1S/C9H17F3.3C8H15F3.C8H18.2C7H13F3/c1-6(2)8(4,5)7(3)9(10,11)12;1-6(2,3)7(4,5)8(9,10)11;2*1-5(2)6(3)7(4)8(9,10)11;1-7(2,3)8(4,5)6;1-4-6(2,3)5-7(8,9)10;1-4-5(2)6(3)7(8,9)10/h6-7H,1-5H3;1-5H3;2*5-7H,1-4H3;1-6H3;4-5H2,1-3H3;5-6H,4H2,1-3H3/t;;2*6-,7?;;;5?,6-/m..11..1/s1. The zero-order chi connectivity index (χ0) is 61.9. The second-order valence-corrected chi connectivity index (χ2v) is 26.0. The van der Waals surface area contributed by atoms with Crippen LogP contribution in [0.3, 0.4) is 0 Å². The first-order chi connectivity index (χ1) is 31.0. The molecule has 0 bridgehead atoms. The summed E-state index contributed by atoms with van der Waals surface area (Å²) in [7, 11) is 0. The molecule has 0 aromatic heterocycles. The smallest absolute Gasteiger partial charge is 0.171 e.